The minimum Gasteiger partial charge on any atom is -0.367 e. The van der Waals surface area contributed by atoms with Crippen LogP contribution in [-0.2, 0) is 6.42 Å². The number of benzene rings is 1. The van der Waals surface area contributed by atoms with E-state index in [1.165, 1.54) is 50.7 Å². The van der Waals surface area contributed by atoms with Gasteiger partial charge in [-0.2, -0.15) is 0 Å². The zero-order valence-corrected chi connectivity index (χ0v) is 41.6. The third-order valence-electron chi connectivity index (χ3n) is 13.7. The maximum atomic E-state index is 5.42. The lowest BCUT2D eigenvalue weighted by atomic mass is 9.92. The van der Waals surface area contributed by atoms with Crippen LogP contribution in [0, 0.1) is 5.92 Å². The Kier molecular flexibility index (Phi) is 16.6. The van der Waals surface area contributed by atoms with Gasteiger partial charge in [-0.3, -0.25) is 4.99 Å². The molecular formula is C63H72N6. The third kappa shape index (κ3) is 11.9. The third-order valence-corrected chi connectivity index (χ3v) is 13.7. The van der Waals surface area contributed by atoms with Gasteiger partial charge in [-0.25, -0.2) is 9.98 Å². The fourth-order valence-corrected chi connectivity index (χ4v) is 10.00. The monoisotopic (exact) mass is 913 g/mol. The van der Waals surface area contributed by atoms with Crippen LogP contribution in [0.4, 0.5) is 0 Å². The lowest BCUT2D eigenvalue weighted by Crippen LogP contribution is -2.39. The van der Waals surface area contributed by atoms with E-state index in [4.69, 9.17) is 21.6 Å². The average Bonchev–Trinajstić information content (AvgIpc) is 3.85. The predicted molar refractivity (Wildman–Crippen MR) is 297 cm³/mol. The number of allylic oxidation sites excluding steroid dienone is 15. The Hall–Kier alpha value is -6.79. The molecule has 2 N–H and O–H groups in total. The molecule has 0 saturated heterocycles. The molecule has 2 aliphatic heterocycles. The Balaban J connectivity index is 1.15. The van der Waals surface area contributed by atoms with Crippen LogP contribution < -0.4 is 21.2 Å². The lowest BCUT2D eigenvalue weighted by molar-refractivity contribution is 0.654. The van der Waals surface area contributed by atoms with Crippen LogP contribution in [0.5, 0.6) is 0 Å². The number of fused-ring (bicyclic) bond motifs is 3. The van der Waals surface area contributed by atoms with Crippen LogP contribution in [0.3, 0.4) is 0 Å². The standard InChI is InChI=1S/C63H72N6/c1-8-11-16-26-45(6)56-42-57(66-63(65-56)52-37-38-60-55(41-52)54-33-21-15-22-34-59(54)69(60)53-31-19-14-20-32-53)50-30-24-23-29-49(40-50)46(7)39-51(36-35-44(4)5)61-64-43-58(47(10-3)25-9-2)67-62(68-61)48-27-17-12-13-18-28-48/h8-9,11,14,16-17,19-20,23,25-27,29-35,39-42,48,57-58H,2,6-7,10,12-13,15,18,21-22,24,28,36-38,43H2,1,3-5H3,(H,65,66)(H,64,67,68)/b11-8-,26-16-,47-25+,51-39+/t48-,57-,58-/m0/s1. The highest BCUT2D eigenvalue weighted by molar-refractivity contribution is 6.08. The van der Waals surface area contributed by atoms with Gasteiger partial charge in [0.15, 0.2) is 0 Å². The zero-order valence-electron chi connectivity index (χ0n) is 41.6. The van der Waals surface area contributed by atoms with E-state index >= 15 is 0 Å². The number of nitrogens with zero attached hydrogens (tertiary/aromatic N) is 4. The van der Waals surface area contributed by atoms with Crippen molar-refractivity contribution in [3.8, 4) is 5.69 Å². The number of amidine groups is 3. The number of aliphatic imine (C=N–C) groups is 3. The fraction of sp³-hybridized carbons (Fsp3) is 0.317. The Labute approximate surface area is 412 Å². The van der Waals surface area contributed by atoms with Crippen molar-refractivity contribution in [2.45, 2.75) is 117 Å². The molecule has 1 aromatic carbocycles. The molecule has 3 heterocycles. The highest BCUT2D eigenvalue weighted by Crippen LogP contribution is 2.31. The van der Waals surface area contributed by atoms with Crippen LogP contribution in [0.15, 0.2) is 206 Å². The van der Waals surface area contributed by atoms with E-state index in [0.29, 0.717) is 6.54 Å². The van der Waals surface area contributed by atoms with Gasteiger partial charge in [0, 0.05) is 40.0 Å². The van der Waals surface area contributed by atoms with Crippen molar-refractivity contribution in [3.05, 3.63) is 213 Å². The van der Waals surface area contributed by atoms with Crippen molar-refractivity contribution in [1.29, 1.82) is 0 Å². The summed E-state index contributed by atoms with van der Waals surface area (Å²) in [6, 6.07) is 10.7. The molecule has 6 aliphatic rings. The summed E-state index contributed by atoms with van der Waals surface area (Å²) in [5, 5.41) is 10.4. The minimum absolute atomic E-state index is 0.0217. The molecule has 69 heavy (non-hydrogen) atoms. The number of aromatic nitrogens is 1. The first-order valence-electron chi connectivity index (χ1n) is 25.5. The molecule has 6 heteroatoms. The van der Waals surface area contributed by atoms with Gasteiger partial charge in [-0.15, -0.1) is 0 Å². The Morgan fingerprint density at radius 3 is 2.59 bits per heavy atom. The van der Waals surface area contributed by atoms with Crippen molar-refractivity contribution < 1.29 is 0 Å². The van der Waals surface area contributed by atoms with Crippen molar-refractivity contribution in [2.24, 2.45) is 20.9 Å². The molecule has 0 bridgehead atoms. The van der Waals surface area contributed by atoms with E-state index < -0.39 is 0 Å². The van der Waals surface area contributed by atoms with Gasteiger partial charge in [-0.05, 0) is 167 Å². The Morgan fingerprint density at radius 2 is 1.78 bits per heavy atom. The van der Waals surface area contributed by atoms with Gasteiger partial charge in [0.05, 0.1) is 17.8 Å². The maximum absolute atomic E-state index is 5.42. The summed E-state index contributed by atoms with van der Waals surface area (Å²) in [7, 11) is 0. The van der Waals surface area contributed by atoms with Crippen LogP contribution in [-0.4, -0.2) is 40.7 Å². The van der Waals surface area contributed by atoms with Crippen LogP contribution in [0.2, 0.25) is 0 Å². The summed E-state index contributed by atoms with van der Waals surface area (Å²) in [6.07, 6.45) is 52.1. The second-order valence-electron chi connectivity index (χ2n) is 19.0. The number of hydrogen-bond acceptors (Lipinski definition) is 5. The topological polar surface area (TPSA) is 66.1 Å². The van der Waals surface area contributed by atoms with E-state index in [0.717, 1.165) is 122 Å². The highest BCUT2D eigenvalue weighted by Gasteiger charge is 2.28. The van der Waals surface area contributed by atoms with Gasteiger partial charge < -0.3 is 15.2 Å². The first-order valence-corrected chi connectivity index (χ1v) is 25.5. The quantitative estimate of drug-likeness (QED) is 0.138. The molecule has 354 valence electrons. The van der Waals surface area contributed by atoms with Gasteiger partial charge in [0.1, 0.15) is 17.5 Å². The summed E-state index contributed by atoms with van der Waals surface area (Å²) in [5.74, 6) is 2.86. The largest absolute Gasteiger partial charge is 0.367 e. The Bertz CT molecular complexity index is 2890. The average molecular weight is 913 g/mol. The van der Waals surface area contributed by atoms with Crippen LogP contribution >= 0.6 is 0 Å². The summed E-state index contributed by atoms with van der Waals surface area (Å²) in [5.41, 5.74) is 13.7. The van der Waals surface area contributed by atoms with Crippen molar-refractivity contribution in [3.63, 3.8) is 0 Å². The van der Waals surface area contributed by atoms with Gasteiger partial charge >= 0.3 is 0 Å². The molecule has 2 aromatic rings. The number of para-hydroxylation sites is 1. The molecule has 0 fully saturated rings. The van der Waals surface area contributed by atoms with E-state index in [2.05, 4.69) is 165 Å². The predicted octanol–water partition coefficient (Wildman–Crippen LogP) is 13.2. The van der Waals surface area contributed by atoms with Gasteiger partial charge in [-0.1, -0.05) is 142 Å². The first kappa shape index (κ1) is 48.7. The summed E-state index contributed by atoms with van der Waals surface area (Å²) < 4.78 is 2.50. The van der Waals surface area contributed by atoms with E-state index in [-0.39, 0.29) is 18.0 Å². The molecular weight excluding hydrogens is 841 g/mol. The second-order valence-corrected chi connectivity index (χ2v) is 19.0. The fourth-order valence-electron chi connectivity index (χ4n) is 10.00. The van der Waals surface area contributed by atoms with Crippen molar-refractivity contribution in [2.75, 3.05) is 6.54 Å². The first-order chi connectivity index (χ1) is 33.7. The van der Waals surface area contributed by atoms with E-state index in [9.17, 15) is 0 Å². The summed E-state index contributed by atoms with van der Waals surface area (Å²) in [4.78, 5) is 16.2. The molecule has 0 amide bonds. The van der Waals surface area contributed by atoms with Crippen LogP contribution in [0.1, 0.15) is 110 Å². The highest BCUT2D eigenvalue weighted by atomic mass is 15.1. The van der Waals surface area contributed by atoms with Gasteiger partial charge in [0.25, 0.3) is 0 Å². The maximum Gasteiger partial charge on any atom is 0.133 e. The summed E-state index contributed by atoms with van der Waals surface area (Å²) >= 11 is 0. The molecule has 6 nitrogen and oxygen atoms in total. The molecule has 3 atom stereocenters. The van der Waals surface area contributed by atoms with Crippen LogP contribution in [0.25, 0.3) is 23.9 Å². The Morgan fingerprint density at radius 1 is 0.928 bits per heavy atom. The van der Waals surface area contributed by atoms with E-state index in [1.54, 1.807) is 0 Å². The number of rotatable bonds is 15. The normalized spacial score (nSPS) is 21.9. The molecule has 0 spiro atoms. The van der Waals surface area contributed by atoms with Crippen molar-refractivity contribution >= 4 is 35.7 Å². The molecule has 0 unspecified atom stereocenters. The minimum atomic E-state index is -0.142. The molecule has 0 saturated carbocycles. The molecule has 8 rings (SSSR count). The molecule has 1 aromatic heterocycles. The summed E-state index contributed by atoms with van der Waals surface area (Å²) in [6.45, 7) is 22.5. The lowest BCUT2D eigenvalue weighted by Gasteiger charge is -2.28. The van der Waals surface area contributed by atoms with E-state index in [1.807, 2.05) is 31.2 Å². The second kappa shape index (κ2) is 23.5. The number of hydrogen-bond donors (Lipinski definition) is 2. The van der Waals surface area contributed by atoms with Crippen molar-refractivity contribution in [1.82, 2.24) is 15.2 Å². The van der Waals surface area contributed by atoms with Gasteiger partial charge in [0.2, 0.25) is 0 Å². The molecule has 4 aliphatic carbocycles. The molecule has 0 radical (unpaired) electrons. The smallest absolute Gasteiger partial charge is 0.133 e. The zero-order chi connectivity index (χ0) is 48.1. The number of nitrogens with one attached hydrogen (secondary N) is 2. The SMILES string of the molecule is C=C/C=C(\CC)[C@@H]1CNC(/C(=C/C(=C)C2=CC([C@@H]3C=C(C(=C)/C=C\C=C/C)N=C(C4=Cc5c(n(-c6ccccc6)c6c5=CCCCC=6)CC4)N3)=CCC=C2)CC=C(C)C)=NC([C@H]2C=CCCCC2)=N1.